The fourth-order valence-electron chi connectivity index (χ4n) is 1.31. The molecule has 0 aliphatic heterocycles. The fraction of sp³-hybridized carbons (Fsp3) is 0. The van der Waals surface area contributed by atoms with E-state index in [1.807, 2.05) is 12.1 Å². The summed E-state index contributed by atoms with van der Waals surface area (Å²) in [5.41, 5.74) is 7.00. The summed E-state index contributed by atoms with van der Waals surface area (Å²) < 4.78 is 0. The highest BCUT2D eigenvalue weighted by atomic mass is 35.5. The van der Waals surface area contributed by atoms with Gasteiger partial charge >= 0.3 is 0 Å². The minimum atomic E-state index is 0.245. The van der Waals surface area contributed by atoms with Crippen molar-refractivity contribution in [3.8, 4) is 0 Å². The van der Waals surface area contributed by atoms with Gasteiger partial charge in [0.2, 0.25) is 0 Å². The van der Waals surface area contributed by atoms with Gasteiger partial charge in [0.05, 0.1) is 5.56 Å². The van der Waals surface area contributed by atoms with E-state index in [2.05, 4.69) is 15.3 Å². The molecule has 0 saturated carbocycles. The Morgan fingerprint density at radius 1 is 1.41 bits per heavy atom. The lowest BCUT2D eigenvalue weighted by molar-refractivity contribution is 1.16. The molecule has 1 heterocycles. The minimum Gasteiger partial charge on any atom is -0.389 e. The Morgan fingerprint density at radius 3 is 2.94 bits per heavy atom. The number of hydrogen-bond acceptors (Lipinski definition) is 4. The fourth-order valence-corrected chi connectivity index (χ4v) is 1.65. The first-order chi connectivity index (χ1) is 8.16. The molecular weight excluding hydrogens is 256 g/mol. The second-order valence-electron chi connectivity index (χ2n) is 3.28. The van der Waals surface area contributed by atoms with E-state index in [0.29, 0.717) is 16.4 Å². The molecule has 86 valence electrons. The molecule has 0 saturated heterocycles. The van der Waals surface area contributed by atoms with E-state index >= 15 is 0 Å². The summed E-state index contributed by atoms with van der Waals surface area (Å²) in [7, 11) is 0. The molecular formula is C11H9ClN4S. The highest BCUT2D eigenvalue weighted by molar-refractivity contribution is 7.80. The van der Waals surface area contributed by atoms with Gasteiger partial charge in [0.25, 0.3) is 0 Å². The highest BCUT2D eigenvalue weighted by Crippen LogP contribution is 2.20. The number of hydrogen-bond donors (Lipinski definition) is 2. The van der Waals surface area contributed by atoms with Crippen LogP contribution in [0.1, 0.15) is 5.56 Å². The summed E-state index contributed by atoms with van der Waals surface area (Å²) in [4.78, 5) is 8.22. The van der Waals surface area contributed by atoms with Gasteiger partial charge in [0.15, 0.2) is 0 Å². The van der Waals surface area contributed by atoms with Gasteiger partial charge in [-0.25, -0.2) is 9.97 Å². The van der Waals surface area contributed by atoms with E-state index in [9.17, 15) is 0 Å². The van der Waals surface area contributed by atoms with Gasteiger partial charge in [-0.05, 0) is 18.2 Å². The van der Waals surface area contributed by atoms with Crippen LogP contribution >= 0.6 is 23.8 Å². The molecule has 1 aromatic carbocycles. The average molecular weight is 265 g/mol. The maximum Gasteiger partial charge on any atom is 0.144 e. The molecule has 0 atom stereocenters. The van der Waals surface area contributed by atoms with Crippen LogP contribution in [0, 0.1) is 0 Å². The molecule has 0 radical (unpaired) electrons. The van der Waals surface area contributed by atoms with Crippen LogP contribution in [0.2, 0.25) is 5.02 Å². The first-order valence-corrected chi connectivity index (χ1v) is 5.58. The van der Waals surface area contributed by atoms with Gasteiger partial charge < -0.3 is 11.1 Å². The van der Waals surface area contributed by atoms with E-state index in [-0.39, 0.29) is 4.99 Å². The summed E-state index contributed by atoms with van der Waals surface area (Å²) in [5.74, 6) is 0.565. The summed E-state index contributed by atoms with van der Waals surface area (Å²) >= 11 is 10.8. The van der Waals surface area contributed by atoms with Crippen LogP contribution in [-0.2, 0) is 0 Å². The first kappa shape index (κ1) is 11.8. The lowest BCUT2D eigenvalue weighted by atomic mass is 10.2. The number of rotatable bonds is 3. The molecule has 0 unspecified atom stereocenters. The maximum atomic E-state index is 5.89. The van der Waals surface area contributed by atoms with Crippen molar-refractivity contribution >= 4 is 40.3 Å². The summed E-state index contributed by atoms with van der Waals surface area (Å²) in [6, 6.07) is 7.29. The molecule has 2 aromatic rings. The van der Waals surface area contributed by atoms with Gasteiger partial charge in [-0.3, -0.25) is 0 Å². The van der Waals surface area contributed by atoms with Crippen molar-refractivity contribution in [2.45, 2.75) is 0 Å². The largest absolute Gasteiger partial charge is 0.389 e. The van der Waals surface area contributed by atoms with Crippen LogP contribution in [-0.4, -0.2) is 15.0 Å². The Balaban J connectivity index is 2.33. The number of nitrogens with zero attached hydrogens (tertiary/aromatic N) is 2. The Kier molecular flexibility index (Phi) is 3.51. The molecule has 0 aliphatic rings. The Labute approximate surface area is 109 Å². The van der Waals surface area contributed by atoms with Gasteiger partial charge in [-0.2, -0.15) is 0 Å². The van der Waals surface area contributed by atoms with Crippen molar-refractivity contribution in [2.75, 3.05) is 5.32 Å². The summed E-state index contributed by atoms with van der Waals surface area (Å²) in [6.45, 7) is 0. The average Bonchev–Trinajstić information content (AvgIpc) is 2.29. The van der Waals surface area contributed by atoms with Crippen LogP contribution < -0.4 is 11.1 Å². The highest BCUT2D eigenvalue weighted by Gasteiger charge is 2.06. The van der Waals surface area contributed by atoms with Crippen LogP contribution in [0.25, 0.3) is 0 Å². The number of nitrogens with one attached hydrogen (secondary N) is 1. The molecule has 0 aliphatic carbocycles. The Hall–Kier alpha value is -1.72. The summed E-state index contributed by atoms with van der Waals surface area (Å²) in [6.07, 6.45) is 3.00. The van der Waals surface area contributed by atoms with Crippen LogP contribution in [0.4, 0.5) is 11.5 Å². The zero-order valence-electron chi connectivity index (χ0n) is 8.72. The van der Waals surface area contributed by atoms with Crippen LogP contribution in [0.15, 0.2) is 36.8 Å². The van der Waals surface area contributed by atoms with Crippen molar-refractivity contribution in [1.29, 1.82) is 0 Å². The smallest absolute Gasteiger partial charge is 0.144 e. The lowest BCUT2D eigenvalue weighted by Crippen LogP contribution is -2.13. The van der Waals surface area contributed by atoms with Crippen molar-refractivity contribution in [2.24, 2.45) is 5.73 Å². The standard InChI is InChI=1S/C11H9ClN4S/c12-7-2-1-3-8(4-7)16-11-9(10(13)17)5-14-6-15-11/h1-6H,(H2,13,17)(H,14,15,16). The number of benzene rings is 1. The molecule has 0 fully saturated rings. The molecule has 3 N–H and O–H groups in total. The van der Waals surface area contributed by atoms with E-state index < -0.39 is 0 Å². The molecule has 1 aromatic heterocycles. The lowest BCUT2D eigenvalue weighted by Gasteiger charge is -2.09. The zero-order valence-corrected chi connectivity index (χ0v) is 10.3. The summed E-state index contributed by atoms with van der Waals surface area (Å²) in [5, 5.41) is 3.73. The van der Waals surface area contributed by atoms with Crippen molar-refractivity contribution in [3.05, 3.63) is 47.4 Å². The van der Waals surface area contributed by atoms with Gasteiger partial charge in [0, 0.05) is 16.9 Å². The molecule has 0 amide bonds. The van der Waals surface area contributed by atoms with Gasteiger partial charge in [-0.15, -0.1) is 0 Å². The van der Waals surface area contributed by atoms with E-state index in [0.717, 1.165) is 5.69 Å². The van der Waals surface area contributed by atoms with Crippen LogP contribution in [0.3, 0.4) is 0 Å². The third kappa shape index (κ3) is 2.89. The number of aromatic nitrogens is 2. The number of anilines is 2. The number of halogens is 1. The zero-order chi connectivity index (χ0) is 12.3. The monoisotopic (exact) mass is 264 g/mol. The molecule has 2 rings (SSSR count). The predicted octanol–water partition coefficient (Wildman–Crippen LogP) is 2.51. The molecule has 0 spiro atoms. The maximum absolute atomic E-state index is 5.89. The van der Waals surface area contributed by atoms with E-state index in [1.165, 1.54) is 6.33 Å². The van der Waals surface area contributed by atoms with Crippen molar-refractivity contribution in [3.63, 3.8) is 0 Å². The first-order valence-electron chi connectivity index (χ1n) is 4.79. The van der Waals surface area contributed by atoms with Gasteiger partial charge in [0.1, 0.15) is 17.1 Å². The Bertz CT molecular complexity index is 559. The number of thiocarbonyl (C=S) groups is 1. The second-order valence-corrected chi connectivity index (χ2v) is 4.16. The Morgan fingerprint density at radius 2 is 2.24 bits per heavy atom. The second kappa shape index (κ2) is 5.07. The van der Waals surface area contributed by atoms with E-state index in [1.54, 1.807) is 18.3 Å². The van der Waals surface area contributed by atoms with Gasteiger partial charge in [-0.1, -0.05) is 29.9 Å². The minimum absolute atomic E-state index is 0.245. The quantitative estimate of drug-likeness (QED) is 0.834. The van der Waals surface area contributed by atoms with Crippen LogP contribution in [0.5, 0.6) is 0 Å². The topological polar surface area (TPSA) is 63.8 Å². The molecule has 0 bridgehead atoms. The SMILES string of the molecule is NC(=S)c1cncnc1Nc1cccc(Cl)c1. The molecule has 6 heteroatoms. The van der Waals surface area contributed by atoms with E-state index in [4.69, 9.17) is 29.6 Å². The number of nitrogens with two attached hydrogens (primary N) is 1. The predicted molar refractivity (Wildman–Crippen MR) is 72.7 cm³/mol. The third-order valence-electron chi connectivity index (χ3n) is 2.07. The third-order valence-corrected chi connectivity index (χ3v) is 2.52. The molecule has 4 nitrogen and oxygen atoms in total. The molecule has 17 heavy (non-hydrogen) atoms. The van der Waals surface area contributed by atoms with Crippen molar-refractivity contribution in [1.82, 2.24) is 9.97 Å². The normalized spacial score (nSPS) is 9.94. The van der Waals surface area contributed by atoms with Crippen molar-refractivity contribution < 1.29 is 0 Å².